The zero-order chi connectivity index (χ0) is 11.7. The van der Waals surface area contributed by atoms with Crippen molar-refractivity contribution in [3.05, 3.63) is 56.6 Å². The number of halogens is 3. The van der Waals surface area contributed by atoms with Crippen LogP contribution in [0.2, 0.25) is 0 Å². The topological polar surface area (TPSA) is 30.2 Å². The number of rotatable bonds is 2. The minimum Gasteiger partial charge on any atom is -0.460 e. The molecule has 0 fully saturated rings. The van der Waals surface area contributed by atoms with E-state index in [0.717, 1.165) is 0 Å². The van der Waals surface area contributed by atoms with Crippen LogP contribution in [0.25, 0.3) is 0 Å². The zero-order valence-corrected chi connectivity index (χ0v) is 11.0. The minimum atomic E-state index is -0.401. The van der Waals surface area contributed by atoms with Gasteiger partial charge in [0.2, 0.25) is 5.78 Å². The molecule has 2 nitrogen and oxygen atoms in total. The van der Waals surface area contributed by atoms with Gasteiger partial charge in [0.15, 0.2) is 5.76 Å². The van der Waals surface area contributed by atoms with Crippen LogP contribution in [0.3, 0.4) is 0 Å². The lowest BCUT2D eigenvalue weighted by Crippen LogP contribution is -2.01. The molecule has 0 bridgehead atoms. The zero-order valence-electron chi connectivity index (χ0n) is 7.84. The van der Waals surface area contributed by atoms with E-state index in [1.165, 1.54) is 24.5 Å². The van der Waals surface area contributed by atoms with E-state index in [4.69, 9.17) is 4.42 Å². The molecule has 2 rings (SSSR count). The van der Waals surface area contributed by atoms with Gasteiger partial charge in [0.1, 0.15) is 5.82 Å². The molecule has 2 aromatic rings. The first-order valence-electron chi connectivity index (χ1n) is 4.32. The molecule has 0 unspecified atom stereocenters. The van der Waals surface area contributed by atoms with Gasteiger partial charge >= 0.3 is 0 Å². The second-order valence-corrected chi connectivity index (χ2v) is 4.76. The molecule has 82 valence electrons. The number of ketones is 1. The number of furan rings is 1. The fourth-order valence-corrected chi connectivity index (χ4v) is 2.16. The Kier molecular flexibility index (Phi) is 3.25. The van der Waals surface area contributed by atoms with Crippen molar-refractivity contribution < 1.29 is 13.6 Å². The maximum atomic E-state index is 12.9. The van der Waals surface area contributed by atoms with E-state index in [9.17, 15) is 9.18 Å². The molecule has 0 aliphatic heterocycles. The van der Waals surface area contributed by atoms with E-state index in [-0.39, 0.29) is 11.5 Å². The van der Waals surface area contributed by atoms with E-state index in [0.29, 0.717) is 14.5 Å². The summed E-state index contributed by atoms with van der Waals surface area (Å²) in [5.74, 6) is -0.502. The van der Waals surface area contributed by atoms with Gasteiger partial charge < -0.3 is 4.42 Å². The quantitative estimate of drug-likeness (QED) is 0.763. The lowest BCUT2D eigenvalue weighted by molar-refractivity contribution is 0.101. The van der Waals surface area contributed by atoms with Crippen molar-refractivity contribution in [2.75, 3.05) is 0 Å². The predicted octanol–water partition coefficient (Wildman–Crippen LogP) is 4.17. The van der Waals surface area contributed by atoms with Gasteiger partial charge in [-0.1, -0.05) is 0 Å². The summed E-state index contributed by atoms with van der Waals surface area (Å²) in [7, 11) is 0. The van der Waals surface area contributed by atoms with Crippen LogP contribution < -0.4 is 0 Å². The Morgan fingerprint density at radius 1 is 1.19 bits per heavy atom. The summed E-state index contributed by atoms with van der Waals surface area (Å²) in [5, 5.41) is 0. The third-order valence-electron chi connectivity index (χ3n) is 2.00. The monoisotopic (exact) mass is 346 g/mol. The van der Waals surface area contributed by atoms with Crippen LogP contribution >= 0.6 is 31.9 Å². The van der Waals surface area contributed by atoms with E-state index in [2.05, 4.69) is 31.9 Å². The molecule has 0 saturated heterocycles. The SMILES string of the molecule is O=C(c1ccc(F)cc1Br)c1occc1Br. The summed E-state index contributed by atoms with van der Waals surface area (Å²) in [6, 6.07) is 5.51. The Bertz CT molecular complexity index is 549. The van der Waals surface area contributed by atoms with Crippen LogP contribution in [-0.2, 0) is 0 Å². The second-order valence-electron chi connectivity index (χ2n) is 3.05. The second kappa shape index (κ2) is 4.51. The van der Waals surface area contributed by atoms with E-state index < -0.39 is 5.82 Å². The van der Waals surface area contributed by atoms with Gasteiger partial charge in [-0.05, 0) is 56.1 Å². The minimum absolute atomic E-state index is 0.201. The van der Waals surface area contributed by atoms with Crippen molar-refractivity contribution in [3.63, 3.8) is 0 Å². The van der Waals surface area contributed by atoms with Gasteiger partial charge in [0.05, 0.1) is 10.7 Å². The van der Waals surface area contributed by atoms with E-state index in [1.54, 1.807) is 6.07 Å². The van der Waals surface area contributed by atoms with Gasteiger partial charge in [-0.3, -0.25) is 4.79 Å². The Balaban J connectivity index is 2.46. The summed E-state index contributed by atoms with van der Waals surface area (Å²) in [6.45, 7) is 0. The summed E-state index contributed by atoms with van der Waals surface area (Å²) < 4.78 is 18.9. The van der Waals surface area contributed by atoms with Crippen LogP contribution in [0.1, 0.15) is 16.1 Å². The highest BCUT2D eigenvalue weighted by Gasteiger charge is 2.18. The van der Waals surface area contributed by atoms with Gasteiger partial charge in [0, 0.05) is 10.0 Å². The number of carbonyl (C=O) groups excluding carboxylic acids is 1. The number of hydrogen-bond acceptors (Lipinski definition) is 2. The van der Waals surface area contributed by atoms with Crippen LogP contribution in [0, 0.1) is 5.82 Å². The van der Waals surface area contributed by atoms with E-state index in [1.807, 2.05) is 0 Å². The Labute approximate surface area is 108 Å². The number of benzene rings is 1. The average molecular weight is 348 g/mol. The summed E-state index contributed by atoms with van der Waals surface area (Å²) in [4.78, 5) is 12.0. The molecule has 16 heavy (non-hydrogen) atoms. The fourth-order valence-electron chi connectivity index (χ4n) is 1.25. The standard InChI is InChI=1S/C11H5Br2FO2/c12-8-3-4-16-11(8)10(15)7-2-1-6(14)5-9(7)13/h1-5H. The van der Waals surface area contributed by atoms with Crippen molar-refractivity contribution in [3.8, 4) is 0 Å². The van der Waals surface area contributed by atoms with Crippen LogP contribution in [-0.4, -0.2) is 5.78 Å². The fraction of sp³-hybridized carbons (Fsp3) is 0. The molecule has 0 aliphatic carbocycles. The largest absolute Gasteiger partial charge is 0.460 e. The molecule has 1 heterocycles. The Hall–Kier alpha value is -0.940. The molecule has 0 spiro atoms. The number of carbonyl (C=O) groups is 1. The highest BCUT2D eigenvalue weighted by atomic mass is 79.9. The maximum absolute atomic E-state index is 12.9. The maximum Gasteiger partial charge on any atom is 0.230 e. The molecular formula is C11H5Br2FO2. The van der Waals surface area contributed by atoms with Gasteiger partial charge in [-0.25, -0.2) is 4.39 Å². The van der Waals surface area contributed by atoms with Crippen molar-refractivity contribution in [2.24, 2.45) is 0 Å². The molecule has 0 radical (unpaired) electrons. The van der Waals surface area contributed by atoms with Crippen molar-refractivity contribution in [2.45, 2.75) is 0 Å². The summed E-state index contributed by atoms with van der Waals surface area (Å²) in [5.41, 5.74) is 0.358. The lowest BCUT2D eigenvalue weighted by atomic mass is 10.1. The lowest BCUT2D eigenvalue weighted by Gasteiger charge is -2.01. The molecular weight excluding hydrogens is 343 g/mol. The van der Waals surface area contributed by atoms with Crippen LogP contribution in [0.5, 0.6) is 0 Å². The van der Waals surface area contributed by atoms with Crippen molar-refractivity contribution in [1.29, 1.82) is 0 Å². The molecule has 1 aromatic carbocycles. The molecule has 0 amide bonds. The van der Waals surface area contributed by atoms with Crippen LogP contribution in [0.15, 0.2) is 43.9 Å². The highest BCUT2D eigenvalue weighted by molar-refractivity contribution is 9.10. The average Bonchev–Trinajstić information content (AvgIpc) is 2.63. The summed E-state index contributed by atoms with van der Waals surface area (Å²) >= 11 is 6.34. The third kappa shape index (κ3) is 2.10. The Morgan fingerprint density at radius 2 is 1.94 bits per heavy atom. The first-order chi connectivity index (χ1) is 7.59. The van der Waals surface area contributed by atoms with Crippen molar-refractivity contribution >= 4 is 37.6 Å². The molecule has 0 aliphatic rings. The van der Waals surface area contributed by atoms with Gasteiger partial charge in [0.25, 0.3) is 0 Å². The van der Waals surface area contributed by atoms with Gasteiger partial charge in [-0.15, -0.1) is 0 Å². The highest BCUT2D eigenvalue weighted by Crippen LogP contribution is 2.25. The third-order valence-corrected chi connectivity index (χ3v) is 3.28. The van der Waals surface area contributed by atoms with Crippen molar-refractivity contribution in [1.82, 2.24) is 0 Å². The molecule has 5 heteroatoms. The molecule has 0 saturated carbocycles. The smallest absolute Gasteiger partial charge is 0.230 e. The van der Waals surface area contributed by atoms with Crippen LogP contribution in [0.4, 0.5) is 4.39 Å². The predicted molar refractivity (Wildman–Crippen MR) is 63.9 cm³/mol. The van der Waals surface area contributed by atoms with Gasteiger partial charge in [-0.2, -0.15) is 0 Å². The molecule has 1 aromatic heterocycles. The summed E-state index contributed by atoms with van der Waals surface area (Å²) in [6.07, 6.45) is 1.41. The molecule has 0 atom stereocenters. The van der Waals surface area contributed by atoms with E-state index >= 15 is 0 Å². The Morgan fingerprint density at radius 3 is 2.50 bits per heavy atom. The molecule has 0 N–H and O–H groups in total. The first-order valence-corrected chi connectivity index (χ1v) is 5.91. The normalized spacial score (nSPS) is 10.4. The first kappa shape index (κ1) is 11.5. The number of hydrogen-bond donors (Lipinski definition) is 0.